The summed E-state index contributed by atoms with van der Waals surface area (Å²) in [4.78, 5) is 14.1. The van der Waals surface area contributed by atoms with Gasteiger partial charge in [-0.1, -0.05) is 17.7 Å². The molecule has 6 heteroatoms. The van der Waals surface area contributed by atoms with E-state index >= 15 is 0 Å². The van der Waals surface area contributed by atoms with Crippen LogP contribution in [0.25, 0.3) is 10.9 Å². The summed E-state index contributed by atoms with van der Waals surface area (Å²) in [5, 5.41) is 0.0349. The van der Waals surface area contributed by atoms with Crippen molar-refractivity contribution >= 4 is 27.0 Å². The van der Waals surface area contributed by atoms with Crippen LogP contribution in [0, 0.1) is 12.7 Å². The molecular formula is C16H12FNO3S. The first-order valence-electron chi connectivity index (χ1n) is 6.51. The summed E-state index contributed by atoms with van der Waals surface area (Å²) in [5.41, 5.74) is 1.26. The molecule has 0 unspecified atom stereocenters. The molecule has 0 amide bonds. The quantitative estimate of drug-likeness (QED) is 0.754. The number of hydrogen-bond acceptors (Lipinski definition) is 3. The van der Waals surface area contributed by atoms with Crippen LogP contribution in [-0.4, -0.2) is 19.7 Å². The summed E-state index contributed by atoms with van der Waals surface area (Å²) >= 11 is 0. The van der Waals surface area contributed by atoms with Gasteiger partial charge in [0.25, 0.3) is 0 Å². The van der Waals surface area contributed by atoms with Crippen molar-refractivity contribution in [3.8, 4) is 0 Å². The molecule has 22 heavy (non-hydrogen) atoms. The second-order valence-corrected chi connectivity index (χ2v) is 6.88. The van der Waals surface area contributed by atoms with E-state index in [0.29, 0.717) is 11.8 Å². The fourth-order valence-electron chi connectivity index (χ4n) is 2.32. The van der Waals surface area contributed by atoms with Gasteiger partial charge in [-0.15, -0.1) is 0 Å². The van der Waals surface area contributed by atoms with E-state index in [4.69, 9.17) is 0 Å². The molecule has 0 aliphatic rings. The zero-order valence-corrected chi connectivity index (χ0v) is 12.4. The predicted molar refractivity (Wildman–Crippen MR) is 80.3 cm³/mol. The van der Waals surface area contributed by atoms with Gasteiger partial charge in [0.15, 0.2) is 6.29 Å². The average Bonchev–Trinajstić information content (AvgIpc) is 2.86. The highest BCUT2D eigenvalue weighted by atomic mass is 32.2. The summed E-state index contributed by atoms with van der Waals surface area (Å²) in [6.45, 7) is 1.85. The first kappa shape index (κ1) is 14.5. The van der Waals surface area contributed by atoms with Crippen LogP contribution >= 0.6 is 0 Å². The van der Waals surface area contributed by atoms with Crippen molar-refractivity contribution in [3.63, 3.8) is 0 Å². The summed E-state index contributed by atoms with van der Waals surface area (Å²) < 4.78 is 38.7. The number of carbonyl (C=O) groups is 1. The zero-order valence-electron chi connectivity index (χ0n) is 11.6. The average molecular weight is 317 g/mol. The highest BCUT2D eigenvalue weighted by Crippen LogP contribution is 2.29. The molecule has 0 fully saturated rings. The van der Waals surface area contributed by atoms with Gasteiger partial charge in [-0.25, -0.2) is 12.8 Å². The zero-order chi connectivity index (χ0) is 15.9. The molecule has 1 heterocycles. The topological polar surface area (TPSA) is 67.0 Å². The first-order chi connectivity index (χ1) is 10.4. The number of aryl methyl sites for hydroxylation is 1. The number of aromatic amines is 1. The SMILES string of the molecule is Cc1ccc(S(=O)(=O)c2[nH]c3ccc(F)cc3c2C=O)cc1. The second kappa shape index (κ2) is 5.06. The van der Waals surface area contributed by atoms with Crippen molar-refractivity contribution in [1.82, 2.24) is 4.98 Å². The van der Waals surface area contributed by atoms with Gasteiger partial charge >= 0.3 is 0 Å². The van der Waals surface area contributed by atoms with Gasteiger partial charge in [-0.3, -0.25) is 4.79 Å². The molecular weight excluding hydrogens is 305 g/mol. The van der Waals surface area contributed by atoms with Crippen LogP contribution in [0.15, 0.2) is 52.4 Å². The summed E-state index contributed by atoms with van der Waals surface area (Å²) in [6.07, 6.45) is 0.430. The molecule has 2 aromatic carbocycles. The van der Waals surface area contributed by atoms with Gasteiger partial charge in [0.2, 0.25) is 9.84 Å². The molecule has 4 nitrogen and oxygen atoms in total. The molecule has 1 aromatic heterocycles. The van der Waals surface area contributed by atoms with Crippen molar-refractivity contribution in [2.24, 2.45) is 0 Å². The lowest BCUT2D eigenvalue weighted by molar-refractivity contribution is 0.112. The van der Waals surface area contributed by atoms with E-state index in [-0.39, 0.29) is 20.9 Å². The molecule has 0 saturated carbocycles. The molecule has 0 aliphatic carbocycles. The highest BCUT2D eigenvalue weighted by molar-refractivity contribution is 7.91. The van der Waals surface area contributed by atoms with Crippen molar-refractivity contribution in [1.29, 1.82) is 0 Å². The Morgan fingerprint density at radius 2 is 1.77 bits per heavy atom. The van der Waals surface area contributed by atoms with E-state index in [1.807, 2.05) is 6.92 Å². The van der Waals surface area contributed by atoms with Gasteiger partial charge in [-0.05, 0) is 37.3 Å². The molecule has 112 valence electrons. The van der Waals surface area contributed by atoms with Crippen molar-refractivity contribution in [2.75, 3.05) is 0 Å². The lowest BCUT2D eigenvalue weighted by Crippen LogP contribution is -2.05. The number of sulfone groups is 1. The van der Waals surface area contributed by atoms with Gasteiger partial charge in [0.1, 0.15) is 10.8 Å². The van der Waals surface area contributed by atoms with E-state index in [2.05, 4.69) is 4.98 Å². The number of halogens is 1. The number of rotatable bonds is 3. The Hall–Kier alpha value is -2.47. The number of hydrogen-bond donors (Lipinski definition) is 1. The van der Waals surface area contributed by atoms with Crippen LogP contribution in [0.1, 0.15) is 15.9 Å². The molecule has 0 radical (unpaired) electrons. The van der Waals surface area contributed by atoms with Crippen molar-refractivity contribution in [3.05, 3.63) is 59.4 Å². The summed E-state index contributed by atoms with van der Waals surface area (Å²) in [6, 6.07) is 10.1. The Balaban J connectivity index is 2.29. The maximum atomic E-state index is 13.3. The molecule has 0 spiro atoms. The standard InChI is InChI=1S/C16H12FNO3S/c1-10-2-5-12(6-3-10)22(20,21)16-14(9-19)13-8-11(17)4-7-15(13)18-16/h2-9,18H,1H3. The van der Waals surface area contributed by atoms with E-state index in [1.165, 1.54) is 24.3 Å². The lowest BCUT2D eigenvalue weighted by Gasteiger charge is -2.03. The Morgan fingerprint density at radius 1 is 1.09 bits per heavy atom. The van der Waals surface area contributed by atoms with Crippen LogP contribution in [0.2, 0.25) is 0 Å². The van der Waals surface area contributed by atoms with E-state index in [9.17, 15) is 17.6 Å². The molecule has 0 saturated heterocycles. The van der Waals surface area contributed by atoms with Crippen molar-refractivity contribution in [2.45, 2.75) is 16.8 Å². The lowest BCUT2D eigenvalue weighted by atomic mass is 10.2. The molecule has 0 aliphatic heterocycles. The molecule has 1 N–H and O–H groups in total. The monoisotopic (exact) mass is 317 g/mol. The fraction of sp³-hybridized carbons (Fsp3) is 0.0625. The summed E-state index contributed by atoms with van der Waals surface area (Å²) in [5.74, 6) is -0.533. The number of nitrogens with one attached hydrogen (secondary N) is 1. The van der Waals surface area contributed by atoms with Gasteiger partial charge < -0.3 is 4.98 Å². The molecule has 0 atom stereocenters. The smallest absolute Gasteiger partial charge is 0.222 e. The third-order valence-electron chi connectivity index (χ3n) is 3.48. The normalized spacial score (nSPS) is 11.7. The number of aldehydes is 1. The minimum atomic E-state index is -3.88. The Labute approximate surface area is 126 Å². The Bertz CT molecular complexity index is 973. The van der Waals surface area contributed by atoms with Crippen LogP contribution in [-0.2, 0) is 9.84 Å². The highest BCUT2D eigenvalue weighted by Gasteiger charge is 2.25. The minimum absolute atomic E-state index is 0.0601. The molecule has 0 bridgehead atoms. The maximum absolute atomic E-state index is 13.3. The number of fused-ring (bicyclic) bond motifs is 1. The number of aromatic nitrogens is 1. The summed E-state index contributed by atoms with van der Waals surface area (Å²) in [7, 11) is -3.88. The Kier molecular flexibility index (Phi) is 3.33. The van der Waals surface area contributed by atoms with E-state index < -0.39 is 15.7 Å². The number of benzene rings is 2. The van der Waals surface area contributed by atoms with E-state index in [0.717, 1.165) is 11.6 Å². The molecule has 3 rings (SSSR count). The third kappa shape index (κ3) is 2.21. The van der Waals surface area contributed by atoms with Crippen molar-refractivity contribution < 1.29 is 17.6 Å². The molecule has 3 aromatic rings. The third-order valence-corrected chi connectivity index (χ3v) is 5.23. The van der Waals surface area contributed by atoms with Crippen LogP contribution in [0.4, 0.5) is 4.39 Å². The van der Waals surface area contributed by atoms with Crippen LogP contribution in [0.5, 0.6) is 0 Å². The first-order valence-corrected chi connectivity index (χ1v) is 8.00. The maximum Gasteiger partial charge on any atom is 0.222 e. The number of H-pyrrole nitrogens is 1. The number of carbonyl (C=O) groups excluding carboxylic acids is 1. The van der Waals surface area contributed by atoms with Gasteiger partial charge in [0.05, 0.1) is 10.5 Å². The fourth-order valence-corrected chi connectivity index (χ4v) is 3.75. The largest absolute Gasteiger partial charge is 0.345 e. The van der Waals surface area contributed by atoms with Gasteiger partial charge in [-0.2, -0.15) is 0 Å². The second-order valence-electron chi connectivity index (χ2n) is 4.99. The Morgan fingerprint density at radius 3 is 2.41 bits per heavy atom. The van der Waals surface area contributed by atoms with Crippen LogP contribution < -0.4 is 0 Å². The van der Waals surface area contributed by atoms with Gasteiger partial charge in [0, 0.05) is 10.9 Å². The van der Waals surface area contributed by atoms with Crippen LogP contribution in [0.3, 0.4) is 0 Å². The van der Waals surface area contributed by atoms with E-state index in [1.54, 1.807) is 12.1 Å². The predicted octanol–water partition coefficient (Wildman–Crippen LogP) is 3.26. The minimum Gasteiger partial charge on any atom is -0.345 e.